The van der Waals surface area contributed by atoms with Gasteiger partial charge in [-0.3, -0.25) is 9.69 Å². The lowest BCUT2D eigenvalue weighted by Gasteiger charge is -2.36. The number of furan rings is 1. The molecule has 3 aromatic rings. The number of methoxy groups -OCH3 is 1. The number of piperazine rings is 1. The Kier molecular flexibility index (Phi) is 7.51. The largest absolute Gasteiger partial charge is 0.497 e. The van der Waals surface area contributed by atoms with Crippen LogP contribution >= 0.6 is 0 Å². The highest BCUT2D eigenvalue weighted by Gasteiger charge is 2.26. The molecule has 0 unspecified atom stereocenters. The van der Waals surface area contributed by atoms with E-state index >= 15 is 0 Å². The summed E-state index contributed by atoms with van der Waals surface area (Å²) in [5.74, 6) is 2.04. The summed E-state index contributed by atoms with van der Waals surface area (Å²) in [6.07, 6.45) is 0. The molecule has 0 bridgehead atoms. The number of nitrogens with zero attached hydrogens (tertiary/aromatic N) is 3. The number of benzene rings is 2. The van der Waals surface area contributed by atoms with Gasteiger partial charge in [-0.05, 0) is 69.7 Å². The maximum atomic E-state index is 13.1. The number of amides is 1. The second kappa shape index (κ2) is 10.6. The van der Waals surface area contributed by atoms with E-state index in [1.807, 2.05) is 29.2 Å². The lowest BCUT2D eigenvalue weighted by Crippen LogP contribution is -2.48. The third-order valence-electron chi connectivity index (χ3n) is 6.67. The zero-order chi connectivity index (χ0) is 25.0. The molecule has 2 heterocycles. The van der Waals surface area contributed by atoms with Gasteiger partial charge in [-0.2, -0.15) is 0 Å². The number of hydrogen-bond acceptors (Lipinski definition) is 5. The van der Waals surface area contributed by atoms with E-state index < -0.39 is 0 Å². The Bertz CT molecular complexity index is 1110. The lowest BCUT2D eigenvalue weighted by molar-refractivity contribution is 0.0704. The molecular weight excluding hydrogens is 438 g/mol. The van der Waals surface area contributed by atoms with E-state index in [2.05, 4.69) is 73.9 Å². The Hall–Kier alpha value is -3.25. The van der Waals surface area contributed by atoms with Gasteiger partial charge in [-0.15, -0.1) is 0 Å². The maximum absolute atomic E-state index is 13.1. The van der Waals surface area contributed by atoms with E-state index in [4.69, 9.17) is 9.15 Å². The number of rotatable bonds is 7. The van der Waals surface area contributed by atoms with Crippen molar-refractivity contribution in [3.8, 4) is 5.75 Å². The van der Waals surface area contributed by atoms with Crippen LogP contribution in [-0.4, -0.2) is 54.5 Å². The summed E-state index contributed by atoms with van der Waals surface area (Å²) in [5, 5.41) is 0. The van der Waals surface area contributed by atoms with Crippen molar-refractivity contribution in [2.75, 3.05) is 38.2 Å². The molecule has 1 aliphatic rings. The summed E-state index contributed by atoms with van der Waals surface area (Å²) in [7, 11) is 1.67. The van der Waals surface area contributed by atoms with Crippen molar-refractivity contribution in [1.29, 1.82) is 0 Å². The Morgan fingerprint density at radius 2 is 1.57 bits per heavy atom. The van der Waals surface area contributed by atoms with Crippen molar-refractivity contribution in [3.63, 3.8) is 0 Å². The molecule has 186 valence electrons. The molecule has 0 saturated carbocycles. The second-order valence-electron chi connectivity index (χ2n) is 10.3. The molecule has 35 heavy (non-hydrogen) atoms. The van der Waals surface area contributed by atoms with E-state index in [-0.39, 0.29) is 11.4 Å². The molecular formula is C29H37N3O3. The molecule has 1 amide bonds. The minimum atomic E-state index is -0.0420. The van der Waals surface area contributed by atoms with Crippen LogP contribution in [0.4, 0.5) is 5.69 Å². The molecule has 0 atom stereocenters. The SMILES string of the molecule is COc1ccc(N2CCN(C(=O)c3ccc(CN(Cc4ccc(C)cc4)C(C)(C)C)o3)CC2)cc1. The van der Waals surface area contributed by atoms with Crippen LogP contribution < -0.4 is 9.64 Å². The first-order chi connectivity index (χ1) is 16.7. The Morgan fingerprint density at radius 1 is 0.914 bits per heavy atom. The number of anilines is 1. The summed E-state index contributed by atoms with van der Waals surface area (Å²) in [4.78, 5) is 19.7. The first kappa shape index (κ1) is 24.9. The zero-order valence-corrected chi connectivity index (χ0v) is 21.6. The van der Waals surface area contributed by atoms with Crippen LogP contribution in [0.3, 0.4) is 0 Å². The van der Waals surface area contributed by atoms with E-state index in [1.165, 1.54) is 11.1 Å². The topological polar surface area (TPSA) is 49.2 Å². The molecule has 6 nitrogen and oxygen atoms in total. The van der Waals surface area contributed by atoms with Gasteiger partial charge in [0.25, 0.3) is 5.91 Å². The zero-order valence-electron chi connectivity index (χ0n) is 21.6. The first-order valence-electron chi connectivity index (χ1n) is 12.3. The highest BCUT2D eigenvalue weighted by Crippen LogP contribution is 2.24. The minimum absolute atomic E-state index is 0.0357. The monoisotopic (exact) mass is 475 g/mol. The van der Waals surface area contributed by atoms with Crippen LogP contribution in [-0.2, 0) is 13.1 Å². The fourth-order valence-electron chi connectivity index (χ4n) is 4.33. The van der Waals surface area contributed by atoms with Crippen molar-refractivity contribution in [3.05, 3.63) is 83.3 Å². The fraction of sp³-hybridized carbons (Fsp3) is 0.414. The predicted molar refractivity (Wildman–Crippen MR) is 140 cm³/mol. The number of carbonyl (C=O) groups excluding carboxylic acids is 1. The number of hydrogen-bond donors (Lipinski definition) is 0. The molecule has 0 N–H and O–H groups in total. The van der Waals surface area contributed by atoms with Gasteiger partial charge in [-0.1, -0.05) is 29.8 Å². The van der Waals surface area contributed by atoms with Crippen molar-refractivity contribution in [2.45, 2.75) is 46.3 Å². The predicted octanol–water partition coefficient (Wildman–Crippen LogP) is 5.36. The third kappa shape index (κ3) is 6.25. The van der Waals surface area contributed by atoms with Crippen LogP contribution in [0.25, 0.3) is 0 Å². The number of carbonyl (C=O) groups is 1. The lowest BCUT2D eigenvalue weighted by atomic mass is 10.0. The Balaban J connectivity index is 1.36. The normalized spacial score (nSPS) is 14.5. The van der Waals surface area contributed by atoms with Crippen LogP contribution in [0.15, 0.2) is 65.1 Å². The molecule has 0 aliphatic carbocycles. The van der Waals surface area contributed by atoms with Gasteiger partial charge in [-0.25, -0.2) is 0 Å². The summed E-state index contributed by atoms with van der Waals surface area (Å²) in [6, 6.07) is 20.5. The van der Waals surface area contributed by atoms with Crippen LogP contribution in [0.1, 0.15) is 48.2 Å². The fourth-order valence-corrected chi connectivity index (χ4v) is 4.33. The smallest absolute Gasteiger partial charge is 0.289 e. The Morgan fingerprint density at radius 3 is 2.17 bits per heavy atom. The van der Waals surface area contributed by atoms with Gasteiger partial charge in [0.05, 0.1) is 13.7 Å². The molecule has 1 fully saturated rings. The molecule has 1 saturated heterocycles. The first-order valence-corrected chi connectivity index (χ1v) is 12.3. The van der Waals surface area contributed by atoms with Gasteiger partial charge in [0.1, 0.15) is 11.5 Å². The molecule has 6 heteroatoms. The van der Waals surface area contributed by atoms with E-state index in [9.17, 15) is 4.79 Å². The van der Waals surface area contributed by atoms with Crippen molar-refractivity contribution < 1.29 is 13.9 Å². The van der Waals surface area contributed by atoms with E-state index in [0.717, 1.165) is 36.8 Å². The Labute approximate surface area is 209 Å². The van der Waals surface area contributed by atoms with Crippen molar-refractivity contribution in [2.24, 2.45) is 0 Å². The molecule has 0 radical (unpaired) electrons. The molecule has 4 rings (SSSR count). The van der Waals surface area contributed by atoms with Gasteiger partial charge in [0.2, 0.25) is 0 Å². The van der Waals surface area contributed by atoms with Crippen molar-refractivity contribution >= 4 is 11.6 Å². The molecule has 1 aliphatic heterocycles. The standard InChI is InChI=1S/C29H37N3O3/c1-22-6-8-23(9-7-22)20-32(29(2,3)4)21-26-14-15-27(35-26)28(33)31-18-16-30(17-19-31)24-10-12-25(34-5)13-11-24/h6-15H,16-21H2,1-5H3. The highest BCUT2D eigenvalue weighted by molar-refractivity contribution is 5.91. The van der Waals surface area contributed by atoms with Crippen LogP contribution in [0.2, 0.25) is 0 Å². The second-order valence-corrected chi connectivity index (χ2v) is 10.3. The van der Waals surface area contributed by atoms with Gasteiger partial charge in [0, 0.05) is 44.0 Å². The van der Waals surface area contributed by atoms with E-state index in [0.29, 0.717) is 25.4 Å². The summed E-state index contributed by atoms with van der Waals surface area (Å²) in [5.41, 5.74) is 3.63. The summed E-state index contributed by atoms with van der Waals surface area (Å²) in [6.45, 7) is 13.1. The molecule has 1 aromatic heterocycles. The maximum Gasteiger partial charge on any atom is 0.289 e. The summed E-state index contributed by atoms with van der Waals surface area (Å²) < 4.78 is 11.3. The summed E-state index contributed by atoms with van der Waals surface area (Å²) >= 11 is 0. The minimum Gasteiger partial charge on any atom is -0.497 e. The molecule has 2 aromatic carbocycles. The number of ether oxygens (including phenoxy) is 1. The van der Waals surface area contributed by atoms with Crippen molar-refractivity contribution in [1.82, 2.24) is 9.80 Å². The molecule has 0 spiro atoms. The average molecular weight is 476 g/mol. The third-order valence-corrected chi connectivity index (χ3v) is 6.67. The quantitative estimate of drug-likeness (QED) is 0.460. The van der Waals surface area contributed by atoms with Crippen LogP contribution in [0, 0.1) is 6.92 Å². The highest BCUT2D eigenvalue weighted by atomic mass is 16.5. The van der Waals surface area contributed by atoms with Gasteiger partial charge in [0.15, 0.2) is 5.76 Å². The van der Waals surface area contributed by atoms with Gasteiger partial charge >= 0.3 is 0 Å². The van der Waals surface area contributed by atoms with Crippen LogP contribution in [0.5, 0.6) is 5.75 Å². The van der Waals surface area contributed by atoms with Gasteiger partial charge < -0.3 is 19.0 Å². The number of aryl methyl sites for hydroxylation is 1. The average Bonchev–Trinajstić information content (AvgIpc) is 3.33. The van der Waals surface area contributed by atoms with E-state index in [1.54, 1.807) is 7.11 Å².